The van der Waals surface area contributed by atoms with Crippen LogP contribution < -0.4 is 5.32 Å². The lowest BCUT2D eigenvalue weighted by atomic mass is 10.1. The van der Waals surface area contributed by atoms with E-state index in [0.717, 1.165) is 11.3 Å². The Kier molecular flexibility index (Phi) is 5.67. The summed E-state index contributed by atoms with van der Waals surface area (Å²) in [6.45, 7) is 7.75. The molecule has 0 radical (unpaired) electrons. The minimum atomic E-state index is -1.05. The van der Waals surface area contributed by atoms with Crippen LogP contribution in [0.4, 0.5) is 19.3 Å². The highest BCUT2D eigenvalue weighted by molar-refractivity contribution is 5.69. The number of nitrogens with zero attached hydrogens (tertiary/aromatic N) is 1. The molecule has 0 saturated carbocycles. The zero-order valence-corrected chi connectivity index (χ0v) is 14.7. The molecule has 1 aromatic rings. The average molecular weight is 340 g/mol. The van der Waals surface area contributed by atoms with Gasteiger partial charge in [0.1, 0.15) is 17.6 Å². The van der Waals surface area contributed by atoms with Crippen LogP contribution in [0.3, 0.4) is 0 Å². The number of carbonyl (C=O) groups is 1. The van der Waals surface area contributed by atoms with Crippen LogP contribution >= 0.6 is 0 Å². The van der Waals surface area contributed by atoms with Crippen molar-refractivity contribution < 1.29 is 18.3 Å². The summed E-state index contributed by atoms with van der Waals surface area (Å²) >= 11 is 0. The maximum absolute atomic E-state index is 13.8. The minimum absolute atomic E-state index is 0.0469. The van der Waals surface area contributed by atoms with Crippen LogP contribution in [-0.2, 0) is 11.2 Å². The number of carbonyl (C=O) groups excluding carboxylic acids is 1. The first-order chi connectivity index (χ1) is 11.2. The molecule has 0 aromatic heterocycles. The van der Waals surface area contributed by atoms with E-state index in [0.29, 0.717) is 13.0 Å². The number of amides is 1. The van der Waals surface area contributed by atoms with E-state index in [9.17, 15) is 13.6 Å². The van der Waals surface area contributed by atoms with Crippen LogP contribution in [0.2, 0.25) is 0 Å². The number of nitrogens with one attached hydrogen (secondary N) is 1. The molecule has 1 amide bonds. The molecular weight excluding hydrogens is 314 g/mol. The van der Waals surface area contributed by atoms with E-state index in [1.165, 1.54) is 17.0 Å². The van der Waals surface area contributed by atoms with Gasteiger partial charge in [0.15, 0.2) is 0 Å². The second kappa shape index (κ2) is 7.36. The summed E-state index contributed by atoms with van der Waals surface area (Å²) in [7, 11) is 0. The van der Waals surface area contributed by atoms with Crippen molar-refractivity contribution in [3.8, 4) is 0 Å². The average Bonchev–Trinajstić information content (AvgIpc) is 2.85. The quantitative estimate of drug-likeness (QED) is 0.895. The monoisotopic (exact) mass is 340 g/mol. The summed E-state index contributed by atoms with van der Waals surface area (Å²) in [5.41, 5.74) is 1.05. The summed E-state index contributed by atoms with van der Waals surface area (Å²) in [6, 6.07) is 4.26. The first-order valence-corrected chi connectivity index (χ1v) is 8.35. The van der Waals surface area contributed by atoms with Gasteiger partial charge in [0.05, 0.1) is 12.6 Å². The molecule has 4 nitrogen and oxygen atoms in total. The van der Waals surface area contributed by atoms with E-state index in [-0.39, 0.29) is 24.8 Å². The Morgan fingerprint density at radius 3 is 2.75 bits per heavy atom. The van der Waals surface area contributed by atoms with Gasteiger partial charge in [-0.25, -0.2) is 13.6 Å². The van der Waals surface area contributed by atoms with E-state index in [1.807, 2.05) is 6.92 Å². The van der Waals surface area contributed by atoms with Crippen molar-refractivity contribution in [2.45, 2.75) is 58.4 Å². The molecule has 0 spiro atoms. The number of rotatable bonds is 4. The van der Waals surface area contributed by atoms with Crippen LogP contribution in [0, 0.1) is 5.82 Å². The van der Waals surface area contributed by atoms with Gasteiger partial charge in [0.2, 0.25) is 0 Å². The van der Waals surface area contributed by atoms with Crippen molar-refractivity contribution in [1.29, 1.82) is 0 Å². The van der Waals surface area contributed by atoms with E-state index >= 15 is 0 Å². The third-order valence-electron chi connectivity index (χ3n) is 3.97. The van der Waals surface area contributed by atoms with Crippen molar-refractivity contribution in [2.24, 2.45) is 0 Å². The molecule has 1 saturated heterocycles. The maximum Gasteiger partial charge on any atom is 0.410 e. The zero-order chi connectivity index (χ0) is 17.9. The summed E-state index contributed by atoms with van der Waals surface area (Å²) in [4.78, 5) is 13.7. The van der Waals surface area contributed by atoms with Crippen LogP contribution in [0.1, 0.15) is 39.7 Å². The summed E-state index contributed by atoms with van der Waals surface area (Å²) < 4.78 is 32.5. The highest BCUT2D eigenvalue weighted by atomic mass is 19.1. The second-order valence-electron chi connectivity index (χ2n) is 7.16. The molecule has 0 unspecified atom stereocenters. The molecule has 1 N–H and O–H groups in total. The molecule has 134 valence electrons. The molecule has 1 aromatic carbocycles. The van der Waals surface area contributed by atoms with Gasteiger partial charge in [-0.1, -0.05) is 6.92 Å². The Morgan fingerprint density at radius 2 is 2.12 bits per heavy atom. The molecule has 1 aliphatic heterocycles. The van der Waals surface area contributed by atoms with Gasteiger partial charge in [0, 0.05) is 18.7 Å². The fourth-order valence-corrected chi connectivity index (χ4v) is 2.85. The van der Waals surface area contributed by atoms with Crippen LogP contribution in [0.5, 0.6) is 0 Å². The summed E-state index contributed by atoms with van der Waals surface area (Å²) in [5, 5.41) is 3.22. The number of alkyl halides is 1. The van der Waals surface area contributed by atoms with Gasteiger partial charge in [-0.15, -0.1) is 0 Å². The van der Waals surface area contributed by atoms with Gasteiger partial charge < -0.3 is 15.0 Å². The molecule has 1 fully saturated rings. The Balaban J connectivity index is 2.03. The maximum atomic E-state index is 13.8. The van der Waals surface area contributed by atoms with Gasteiger partial charge >= 0.3 is 6.09 Å². The number of aryl methyl sites for hydroxylation is 1. The third kappa shape index (κ3) is 4.82. The number of halogens is 2. The topological polar surface area (TPSA) is 41.6 Å². The first kappa shape index (κ1) is 18.5. The Hall–Kier alpha value is -1.85. The van der Waals surface area contributed by atoms with Gasteiger partial charge in [-0.05, 0) is 51.0 Å². The lowest BCUT2D eigenvalue weighted by Gasteiger charge is -2.28. The Morgan fingerprint density at radius 1 is 1.42 bits per heavy atom. The predicted octanol–water partition coefficient (Wildman–Crippen LogP) is 4.15. The predicted molar refractivity (Wildman–Crippen MR) is 90.5 cm³/mol. The van der Waals surface area contributed by atoms with Crippen molar-refractivity contribution in [1.82, 2.24) is 4.90 Å². The fourth-order valence-electron chi connectivity index (χ4n) is 2.85. The smallest absolute Gasteiger partial charge is 0.410 e. The molecule has 0 bridgehead atoms. The standard InChI is InChI=1S/C18H26F2N2O2/c1-5-12-8-13(19)6-7-16(12)21-10-15-9-14(20)11-22(15)17(23)24-18(2,3)4/h6-8,14-15,21H,5,9-11H2,1-4H3/t14-,15-/m0/s1. The van der Waals surface area contributed by atoms with Crippen molar-refractivity contribution in [3.63, 3.8) is 0 Å². The summed E-state index contributed by atoms with van der Waals surface area (Å²) in [6.07, 6.45) is -0.589. The molecule has 0 aliphatic carbocycles. The SMILES string of the molecule is CCc1cc(F)ccc1NC[C@@H]1C[C@H](F)CN1C(=O)OC(C)(C)C. The molecule has 24 heavy (non-hydrogen) atoms. The molecule has 2 rings (SSSR count). The number of likely N-dealkylation sites (tertiary alicyclic amines) is 1. The number of anilines is 1. The van der Waals surface area contributed by atoms with E-state index in [2.05, 4.69) is 5.32 Å². The van der Waals surface area contributed by atoms with Gasteiger partial charge in [-0.3, -0.25) is 0 Å². The zero-order valence-electron chi connectivity index (χ0n) is 14.7. The first-order valence-electron chi connectivity index (χ1n) is 8.35. The lowest BCUT2D eigenvalue weighted by Crippen LogP contribution is -2.42. The van der Waals surface area contributed by atoms with Crippen molar-refractivity contribution in [3.05, 3.63) is 29.6 Å². The largest absolute Gasteiger partial charge is 0.444 e. The van der Waals surface area contributed by atoms with E-state index in [4.69, 9.17) is 4.74 Å². The summed E-state index contributed by atoms with van der Waals surface area (Å²) in [5.74, 6) is -0.280. The number of ether oxygens (including phenoxy) is 1. The van der Waals surface area contributed by atoms with Gasteiger partial charge in [-0.2, -0.15) is 0 Å². The molecule has 2 atom stereocenters. The number of hydrogen-bond acceptors (Lipinski definition) is 3. The molecular formula is C18H26F2N2O2. The van der Waals surface area contributed by atoms with Crippen molar-refractivity contribution in [2.75, 3.05) is 18.4 Å². The fraction of sp³-hybridized carbons (Fsp3) is 0.611. The number of hydrogen-bond donors (Lipinski definition) is 1. The van der Waals surface area contributed by atoms with Crippen LogP contribution in [-0.4, -0.2) is 41.9 Å². The molecule has 1 heterocycles. The minimum Gasteiger partial charge on any atom is -0.444 e. The normalized spacial score (nSPS) is 21.0. The van der Waals surface area contributed by atoms with Crippen molar-refractivity contribution >= 4 is 11.8 Å². The highest BCUT2D eigenvalue weighted by Gasteiger charge is 2.37. The van der Waals surface area contributed by atoms with Crippen LogP contribution in [0.15, 0.2) is 18.2 Å². The Labute approximate surface area is 142 Å². The Bertz CT molecular complexity index is 587. The van der Waals surface area contributed by atoms with E-state index < -0.39 is 17.9 Å². The highest BCUT2D eigenvalue weighted by Crippen LogP contribution is 2.25. The van der Waals surface area contributed by atoms with E-state index in [1.54, 1.807) is 26.8 Å². The third-order valence-corrected chi connectivity index (χ3v) is 3.97. The molecule has 1 aliphatic rings. The number of benzene rings is 1. The lowest BCUT2D eigenvalue weighted by molar-refractivity contribution is 0.0226. The molecule has 6 heteroatoms. The van der Waals surface area contributed by atoms with Crippen LogP contribution in [0.25, 0.3) is 0 Å². The second-order valence-corrected chi connectivity index (χ2v) is 7.16. The van der Waals surface area contributed by atoms with Gasteiger partial charge in [0.25, 0.3) is 0 Å².